The van der Waals surface area contributed by atoms with Gasteiger partial charge >= 0.3 is 0 Å². The van der Waals surface area contributed by atoms with Crippen molar-refractivity contribution < 1.29 is 4.79 Å². The second-order valence-electron chi connectivity index (χ2n) is 7.67. The molecule has 0 spiro atoms. The Labute approximate surface area is 152 Å². The normalized spacial score (nSPS) is 14.6. The van der Waals surface area contributed by atoms with E-state index in [-0.39, 0.29) is 5.91 Å². The molecule has 4 rings (SSSR count). The molecule has 6 nitrogen and oxygen atoms in total. The summed E-state index contributed by atoms with van der Waals surface area (Å²) in [5.74, 6) is 0.706. The van der Waals surface area contributed by atoms with Crippen molar-refractivity contribution in [3.8, 4) is 11.1 Å². The smallest absolute Gasteiger partial charge is 0.251 e. The second-order valence-corrected chi connectivity index (χ2v) is 7.67. The van der Waals surface area contributed by atoms with Crippen molar-refractivity contribution in [2.75, 3.05) is 0 Å². The van der Waals surface area contributed by atoms with Crippen molar-refractivity contribution in [3.63, 3.8) is 0 Å². The molecule has 26 heavy (non-hydrogen) atoms. The lowest BCUT2D eigenvalue weighted by Gasteiger charge is -2.16. The van der Waals surface area contributed by atoms with Gasteiger partial charge in [-0.2, -0.15) is 0 Å². The van der Waals surface area contributed by atoms with Gasteiger partial charge in [0, 0.05) is 17.8 Å². The van der Waals surface area contributed by atoms with Gasteiger partial charge in [-0.3, -0.25) is 9.20 Å². The van der Waals surface area contributed by atoms with Crippen LogP contribution in [0.5, 0.6) is 0 Å². The molecular weight excluding hydrogens is 326 g/mol. The number of nitrogens with zero attached hydrogens (tertiary/aromatic N) is 3. The average molecular weight is 349 g/mol. The van der Waals surface area contributed by atoms with Gasteiger partial charge in [-0.15, -0.1) is 10.2 Å². The number of carbonyl (C=O) groups excluding carboxylic acids is 1. The standard InChI is InChI=1S/C20H23N5O/c1-12-4-5-14(18(26)22-15-6-7-15)10-16(12)13-8-9-25-17(11-13)23-24-19(25)20(2,3)21/h4-5,8-11,15H,6-7,21H2,1-3H3,(H,22,26). The first-order valence-electron chi connectivity index (χ1n) is 8.89. The summed E-state index contributed by atoms with van der Waals surface area (Å²) in [6.45, 7) is 5.85. The fraction of sp³-hybridized carbons (Fsp3) is 0.350. The molecule has 0 radical (unpaired) electrons. The van der Waals surface area contributed by atoms with Crippen LogP contribution in [0.3, 0.4) is 0 Å². The molecule has 1 fully saturated rings. The highest BCUT2D eigenvalue weighted by atomic mass is 16.1. The van der Waals surface area contributed by atoms with E-state index < -0.39 is 5.54 Å². The maximum absolute atomic E-state index is 12.4. The Morgan fingerprint density at radius 2 is 2.00 bits per heavy atom. The molecule has 0 bridgehead atoms. The first-order chi connectivity index (χ1) is 12.3. The molecule has 0 aliphatic heterocycles. The summed E-state index contributed by atoms with van der Waals surface area (Å²) in [7, 11) is 0. The van der Waals surface area contributed by atoms with Gasteiger partial charge in [-0.05, 0) is 74.6 Å². The highest BCUT2D eigenvalue weighted by molar-refractivity contribution is 5.96. The minimum Gasteiger partial charge on any atom is -0.349 e. The predicted octanol–water partition coefficient (Wildman–Crippen LogP) is 2.79. The first kappa shape index (κ1) is 16.7. The molecule has 2 heterocycles. The third kappa shape index (κ3) is 3.08. The second kappa shape index (κ2) is 5.92. The molecule has 1 aromatic carbocycles. The Morgan fingerprint density at radius 1 is 1.23 bits per heavy atom. The summed E-state index contributed by atoms with van der Waals surface area (Å²) in [5, 5.41) is 11.5. The zero-order valence-electron chi connectivity index (χ0n) is 15.3. The zero-order valence-corrected chi connectivity index (χ0v) is 15.3. The van der Waals surface area contributed by atoms with Crippen LogP contribution in [-0.4, -0.2) is 26.5 Å². The number of amides is 1. The van der Waals surface area contributed by atoms with Crippen LogP contribution in [0.2, 0.25) is 0 Å². The lowest BCUT2D eigenvalue weighted by molar-refractivity contribution is 0.0951. The van der Waals surface area contributed by atoms with Gasteiger partial charge in [-0.25, -0.2) is 0 Å². The van der Waals surface area contributed by atoms with Crippen LogP contribution < -0.4 is 11.1 Å². The fourth-order valence-corrected chi connectivity index (χ4v) is 3.07. The van der Waals surface area contributed by atoms with E-state index in [0.717, 1.165) is 35.2 Å². The molecule has 3 N–H and O–H groups in total. The van der Waals surface area contributed by atoms with Crippen LogP contribution in [0.25, 0.3) is 16.8 Å². The van der Waals surface area contributed by atoms with E-state index in [4.69, 9.17) is 5.73 Å². The summed E-state index contributed by atoms with van der Waals surface area (Å²) >= 11 is 0. The summed E-state index contributed by atoms with van der Waals surface area (Å²) in [6.07, 6.45) is 4.09. The van der Waals surface area contributed by atoms with Crippen molar-refractivity contribution >= 4 is 11.6 Å². The van der Waals surface area contributed by atoms with E-state index in [1.165, 1.54) is 0 Å². The maximum Gasteiger partial charge on any atom is 0.251 e. The highest BCUT2D eigenvalue weighted by Crippen LogP contribution is 2.27. The van der Waals surface area contributed by atoms with Crippen molar-refractivity contribution in [1.82, 2.24) is 19.9 Å². The number of benzene rings is 1. The number of carbonyl (C=O) groups is 1. The molecule has 3 aromatic rings. The molecule has 0 saturated heterocycles. The quantitative estimate of drug-likeness (QED) is 0.758. The molecule has 6 heteroatoms. The van der Waals surface area contributed by atoms with E-state index in [2.05, 4.69) is 15.5 Å². The van der Waals surface area contributed by atoms with Gasteiger partial charge in [0.1, 0.15) is 0 Å². The van der Waals surface area contributed by atoms with Crippen molar-refractivity contribution in [3.05, 3.63) is 53.5 Å². The first-order valence-corrected chi connectivity index (χ1v) is 8.89. The summed E-state index contributed by atoms with van der Waals surface area (Å²) < 4.78 is 1.91. The summed E-state index contributed by atoms with van der Waals surface area (Å²) in [4.78, 5) is 12.4. The number of hydrogen-bond acceptors (Lipinski definition) is 4. The zero-order chi connectivity index (χ0) is 18.5. The lowest BCUT2D eigenvalue weighted by atomic mass is 9.98. The lowest BCUT2D eigenvalue weighted by Crippen LogP contribution is -2.31. The Balaban J connectivity index is 1.73. The van der Waals surface area contributed by atoms with Crippen molar-refractivity contribution in [2.24, 2.45) is 5.73 Å². The maximum atomic E-state index is 12.4. The molecular formula is C20H23N5O. The Bertz CT molecular complexity index is 995. The van der Waals surface area contributed by atoms with Gasteiger partial charge in [0.2, 0.25) is 0 Å². The third-order valence-electron chi connectivity index (χ3n) is 4.71. The Morgan fingerprint density at radius 3 is 2.69 bits per heavy atom. The molecule has 1 saturated carbocycles. The van der Waals surface area contributed by atoms with Crippen LogP contribution in [0.4, 0.5) is 0 Å². The number of aryl methyl sites for hydroxylation is 1. The number of pyridine rings is 1. The molecule has 2 aromatic heterocycles. The molecule has 1 amide bonds. The average Bonchev–Trinajstić information content (AvgIpc) is 3.28. The third-order valence-corrected chi connectivity index (χ3v) is 4.71. The van der Waals surface area contributed by atoms with Crippen LogP contribution in [-0.2, 0) is 5.54 Å². The molecule has 1 aliphatic rings. The van der Waals surface area contributed by atoms with Gasteiger partial charge in [0.15, 0.2) is 11.5 Å². The molecule has 134 valence electrons. The van der Waals surface area contributed by atoms with E-state index in [1.54, 1.807) is 0 Å². The number of nitrogens with one attached hydrogen (secondary N) is 1. The minimum absolute atomic E-state index is 0.00975. The van der Waals surface area contributed by atoms with E-state index in [1.807, 2.05) is 61.7 Å². The van der Waals surface area contributed by atoms with Crippen molar-refractivity contribution in [1.29, 1.82) is 0 Å². The van der Waals surface area contributed by atoms with Crippen molar-refractivity contribution in [2.45, 2.75) is 45.2 Å². The monoisotopic (exact) mass is 349 g/mol. The van der Waals surface area contributed by atoms with Gasteiger partial charge < -0.3 is 11.1 Å². The van der Waals surface area contributed by atoms with Gasteiger partial charge in [0.25, 0.3) is 5.91 Å². The van der Waals surface area contributed by atoms with Crippen LogP contribution in [0.15, 0.2) is 36.5 Å². The highest BCUT2D eigenvalue weighted by Gasteiger charge is 2.24. The molecule has 0 unspecified atom stereocenters. The van der Waals surface area contributed by atoms with E-state index >= 15 is 0 Å². The van der Waals surface area contributed by atoms with E-state index in [0.29, 0.717) is 17.4 Å². The summed E-state index contributed by atoms with van der Waals surface area (Å²) in [5.41, 5.74) is 10.2. The Hall–Kier alpha value is -2.73. The van der Waals surface area contributed by atoms with Crippen LogP contribution in [0, 0.1) is 6.92 Å². The fourth-order valence-electron chi connectivity index (χ4n) is 3.07. The van der Waals surface area contributed by atoms with Gasteiger partial charge in [0.05, 0.1) is 5.54 Å². The number of rotatable bonds is 4. The molecule has 1 aliphatic carbocycles. The SMILES string of the molecule is Cc1ccc(C(=O)NC2CC2)cc1-c1ccn2c(C(C)(C)N)nnc2c1. The van der Waals surface area contributed by atoms with Gasteiger partial charge in [-0.1, -0.05) is 6.07 Å². The topological polar surface area (TPSA) is 85.3 Å². The number of hydrogen-bond donors (Lipinski definition) is 2. The number of aromatic nitrogens is 3. The predicted molar refractivity (Wildman–Crippen MR) is 101 cm³/mol. The van der Waals surface area contributed by atoms with Crippen LogP contribution in [0.1, 0.15) is 48.4 Å². The number of nitrogens with two attached hydrogens (primary N) is 1. The summed E-state index contributed by atoms with van der Waals surface area (Å²) in [6, 6.07) is 10.1. The van der Waals surface area contributed by atoms with E-state index in [9.17, 15) is 4.79 Å². The Kier molecular flexibility index (Phi) is 3.80. The number of fused-ring (bicyclic) bond motifs is 1. The largest absolute Gasteiger partial charge is 0.349 e. The molecule has 0 atom stereocenters. The minimum atomic E-state index is -0.572. The van der Waals surface area contributed by atoms with Crippen LogP contribution >= 0.6 is 0 Å².